The van der Waals surface area contributed by atoms with Gasteiger partial charge in [-0.05, 0) is 42.3 Å². The average Bonchev–Trinajstić information content (AvgIpc) is 2.44. The number of anilines is 1. The molecular formula is C16H18BrNO. The first-order chi connectivity index (χ1) is 9.28. The molecule has 0 atom stereocenters. The van der Waals surface area contributed by atoms with Crippen LogP contribution in [0.5, 0.6) is 5.75 Å². The first kappa shape index (κ1) is 13.9. The molecule has 0 aliphatic rings. The molecule has 19 heavy (non-hydrogen) atoms. The van der Waals surface area contributed by atoms with Gasteiger partial charge in [-0.1, -0.05) is 41.1 Å². The van der Waals surface area contributed by atoms with Gasteiger partial charge in [0, 0.05) is 16.7 Å². The third-order valence-corrected chi connectivity index (χ3v) is 3.32. The summed E-state index contributed by atoms with van der Waals surface area (Å²) in [5.41, 5.74) is 2.40. The van der Waals surface area contributed by atoms with Crippen LogP contribution in [0.2, 0.25) is 0 Å². The summed E-state index contributed by atoms with van der Waals surface area (Å²) in [5.74, 6) is 0.940. The summed E-state index contributed by atoms with van der Waals surface area (Å²) in [4.78, 5) is 0. The minimum absolute atomic E-state index is 0.652. The van der Waals surface area contributed by atoms with E-state index in [2.05, 4.69) is 46.4 Å². The highest BCUT2D eigenvalue weighted by Gasteiger charge is 1.96. The molecule has 0 saturated carbocycles. The molecule has 2 aromatic carbocycles. The zero-order chi connectivity index (χ0) is 13.5. The molecule has 0 fully saturated rings. The highest BCUT2D eigenvalue weighted by atomic mass is 79.9. The van der Waals surface area contributed by atoms with Crippen LogP contribution in [0, 0.1) is 0 Å². The predicted molar refractivity (Wildman–Crippen MR) is 83.9 cm³/mol. The molecule has 3 heteroatoms. The Hall–Kier alpha value is -1.48. The second-order valence-electron chi connectivity index (χ2n) is 4.29. The van der Waals surface area contributed by atoms with Crippen LogP contribution in [0.1, 0.15) is 12.5 Å². The summed E-state index contributed by atoms with van der Waals surface area (Å²) in [6, 6.07) is 16.4. The fourth-order valence-electron chi connectivity index (χ4n) is 1.82. The van der Waals surface area contributed by atoms with Gasteiger partial charge < -0.3 is 10.1 Å². The summed E-state index contributed by atoms with van der Waals surface area (Å²) in [6.07, 6.45) is 1.04. The third-order valence-electron chi connectivity index (χ3n) is 2.83. The van der Waals surface area contributed by atoms with E-state index in [1.807, 2.05) is 30.3 Å². The second kappa shape index (κ2) is 7.19. The predicted octanol–water partition coefficient (Wildman–Crippen LogP) is 4.50. The summed E-state index contributed by atoms with van der Waals surface area (Å²) in [5, 5.41) is 3.33. The molecule has 0 amide bonds. The molecule has 1 N–H and O–H groups in total. The summed E-state index contributed by atoms with van der Waals surface area (Å²) >= 11 is 3.45. The van der Waals surface area contributed by atoms with Crippen molar-refractivity contribution in [1.82, 2.24) is 0 Å². The largest absolute Gasteiger partial charge is 0.492 e. The molecule has 2 aromatic rings. The lowest BCUT2D eigenvalue weighted by Crippen LogP contribution is -2.11. The maximum Gasteiger partial charge on any atom is 0.119 e. The number of hydrogen-bond donors (Lipinski definition) is 1. The Morgan fingerprint density at radius 3 is 2.74 bits per heavy atom. The molecule has 0 bridgehead atoms. The molecule has 0 aliphatic carbocycles. The van der Waals surface area contributed by atoms with Crippen LogP contribution in [0.4, 0.5) is 5.69 Å². The van der Waals surface area contributed by atoms with Crippen LogP contribution in [-0.4, -0.2) is 13.2 Å². The lowest BCUT2D eigenvalue weighted by Gasteiger charge is -2.09. The van der Waals surface area contributed by atoms with Crippen molar-refractivity contribution in [3.8, 4) is 5.75 Å². The van der Waals surface area contributed by atoms with Crippen molar-refractivity contribution < 1.29 is 4.74 Å². The zero-order valence-electron chi connectivity index (χ0n) is 11.0. The molecule has 0 aromatic heterocycles. The van der Waals surface area contributed by atoms with E-state index in [-0.39, 0.29) is 0 Å². The molecular weight excluding hydrogens is 302 g/mol. The standard InChI is InChI=1S/C16H18BrNO/c1-2-13-5-3-8-16(11-13)19-10-9-18-15-7-4-6-14(17)12-15/h3-8,11-12,18H,2,9-10H2,1H3. The summed E-state index contributed by atoms with van der Waals surface area (Å²) in [7, 11) is 0. The van der Waals surface area contributed by atoms with Gasteiger partial charge in [-0.15, -0.1) is 0 Å². The average molecular weight is 320 g/mol. The van der Waals surface area contributed by atoms with Gasteiger partial charge in [0.2, 0.25) is 0 Å². The fraction of sp³-hybridized carbons (Fsp3) is 0.250. The fourth-order valence-corrected chi connectivity index (χ4v) is 2.22. The smallest absolute Gasteiger partial charge is 0.119 e. The summed E-state index contributed by atoms with van der Waals surface area (Å²) in [6.45, 7) is 3.58. The highest BCUT2D eigenvalue weighted by Crippen LogP contribution is 2.16. The number of halogens is 1. The molecule has 0 aliphatic heterocycles. The molecule has 0 heterocycles. The monoisotopic (exact) mass is 319 g/mol. The zero-order valence-corrected chi connectivity index (χ0v) is 12.6. The van der Waals surface area contributed by atoms with Gasteiger partial charge in [-0.2, -0.15) is 0 Å². The molecule has 0 spiro atoms. The van der Waals surface area contributed by atoms with Gasteiger partial charge >= 0.3 is 0 Å². The highest BCUT2D eigenvalue weighted by molar-refractivity contribution is 9.10. The number of benzene rings is 2. The van der Waals surface area contributed by atoms with E-state index in [9.17, 15) is 0 Å². The molecule has 2 nitrogen and oxygen atoms in total. The Labute approximate surface area is 122 Å². The minimum atomic E-state index is 0.652. The molecule has 100 valence electrons. The van der Waals surface area contributed by atoms with E-state index in [1.165, 1.54) is 5.56 Å². The Balaban J connectivity index is 1.77. The molecule has 2 rings (SSSR count). The molecule has 0 radical (unpaired) electrons. The lowest BCUT2D eigenvalue weighted by molar-refractivity contribution is 0.332. The van der Waals surface area contributed by atoms with Crippen LogP contribution in [-0.2, 0) is 6.42 Å². The SMILES string of the molecule is CCc1cccc(OCCNc2cccc(Br)c2)c1. The van der Waals surface area contributed by atoms with Gasteiger partial charge in [-0.3, -0.25) is 0 Å². The van der Waals surface area contributed by atoms with E-state index in [4.69, 9.17) is 4.74 Å². The van der Waals surface area contributed by atoms with Gasteiger partial charge in [0.25, 0.3) is 0 Å². The quantitative estimate of drug-likeness (QED) is 0.791. The van der Waals surface area contributed by atoms with Crippen LogP contribution in [0.25, 0.3) is 0 Å². The Morgan fingerprint density at radius 1 is 1.11 bits per heavy atom. The topological polar surface area (TPSA) is 21.3 Å². The van der Waals surface area contributed by atoms with Crippen LogP contribution < -0.4 is 10.1 Å². The van der Waals surface area contributed by atoms with Crippen molar-refractivity contribution in [2.24, 2.45) is 0 Å². The van der Waals surface area contributed by atoms with Gasteiger partial charge in [0.05, 0.1) is 0 Å². The maximum atomic E-state index is 5.73. The minimum Gasteiger partial charge on any atom is -0.492 e. The van der Waals surface area contributed by atoms with E-state index in [0.29, 0.717) is 6.61 Å². The number of hydrogen-bond acceptors (Lipinski definition) is 2. The van der Waals surface area contributed by atoms with Gasteiger partial charge in [-0.25, -0.2) is 0 Å². The van der Waals surface area contributed by atoms with E-state index >= 15 is 0 Å². The summed E-state index contributed by atoms with van der Waals surface area (Å²) < 4.78 is 6.80. The number of aryl methyl sites for hydroxylation is 1. The molecule has 0 unspecified atom stereocenters. The van der Waals surface area contributed by atoms with Crippen molar-refractivity contribution in [3.05, 3.63) is 58.6 Å². The number of rotatable bonds is 6. The Bertz CT molecular complexity index is 528. The number of ether oxygens (including phenoxy) is 1. The van der Waals surface area contributed by atoms with E-state index in [1.54, 1.807) is 0 Å². The van der Waals surface area contributed by atoms with Crippen LogP contribution in [0.15, 0.2) is 53.0 Å². The second-order valence-corrected chi connectivity index (χ2v) is 5.20. The normalized spacial score (nSPS) is 10.2. The van der Waals surface area contributed by atoms with E-state index in [0.717, 1.165) is 28.9 Å². The number of nitrogens with one attached hydrogen (secondary N) is 1. The third kappa shape index (κ3) is 4.60. The first-order valence-electron chi connectivity index (χ1n) is 6.49. The van der Waals surface area contributed by atoms with Crippen molar-refractivity contribution in [2.45, 2.75) is 13.3 Å². The first-order valence-corrected chi connectivity index (χ1v) is 7.28. The molecule has 0 saturated heterocycles. The Kier molecular flexibility index (Phi) is 5.28. The van der Waals surface area contributed by atoms with Gasteiger partial charge in [0.15, 0.2) is 0 Å². The van der Waals surface area contributed by atoms with Crippen molar-refractivity contribution in [3.63, 3.8) is 0 Å². The lowest BCUT2D eigenvalue weighted by atomic mass is 10.2. The van der Waals surface area contributed by atoms with Crippen molar-refractivity contribution >= 4 is 21.6 Å². The van der Waals surface area contributed by atoms with Crippen molar-refractivity contribution in [1.29, 1.82) is 0 Å². The van der Waals surface area contributed by atoms with E-state index < -0.39 is 0 Å². The van der Waals surface area contributed by atoms with Crippen molar-refractivity contribution in [2.75, 3.05) is 18.5 Å². The van der Waals surface area contributed by atoms with Gasteiger partial charge in [0.1, 0.15) is 12.4 Å². The maximum absolute atomic E-state index is 5.73. The van der Waals surface area contributed by atoms with Crippen LogP contribution >= 0.6 is 15.9 Å². The van der Waals surface area contributed by atoms with Crippen LogP contribution in [0.3, 0.4) is 0 Å². The Morgan fingerprint density at radius 2 is 1.95 bits per heavy atom.